The highest BCUT2D eigenvalue weighted by Crippen LogP contribution is 2.39. The second-order valence-corrected chi connectivity index (χ2v) is 16.0. The zero-order chi connectivity index (χ0) is 36.1. The van der Waals surface area contributed by atoms with E-state index in [-0.39, 0.29) is 30.8 Å². The van der Waals surface area contributed by atoms with E-state index in [9.17, 15) is 19.5 Å². The van der Waals surface area contributed by atoms with Gasteiger partial charge in [-0.1, -0.05) is 77.6 Å². The number of pyridine rings is 1. The molecule has 10 nitrogen and oxygen atoms in total. The van der Waals surface area contributed by atoms with Crippen LogP contribution in [0.4, 0.5) is 5.69 Å². The van der Waals surface area contributed by atoms with Gasteiger partial charge in [0, 0.05) is 55.5 Å². The fraction of sp³-hybridized carbons (Fsp3) is 0.561. The zero-order valence-corrected chi connectivity index (χ0v) is 30.7. The van der Waals surface area contributed by atoms with Crippen LogP contribution in [0.5, 0.6) is 0 Å². The van der Waals surface area contributed by atoms with Gasteiger partial charge >= 0.3 is 5.97 Å². The minimum Gasteiger partial charge on any atom is -0.481 e. The van der Waals surface area contributed by atoms with Crippen LogP contribution in [0.15, 0.2) is 55.0 Å². The van der Waals surface area contributed by atoms with Crippen molar-refractivity contribution in [3.8, 4) is 11.4 Å². The van der Waals surface area contributed by atoms with E-state index < -0.39 is 23.8 Å². The van der Waals surface area contributed by atoms with Crippen LogP contribution in [0.25, 0.3) is 11.4 Å². The minimum absolute atomic E-state index is 0.132. The summed E-state index contributed by atoms with van der Waals surface area (Å²) in [6.45, 7) is 10.8. The van der Waals surface area contributed by atoms with E-state index in [0.29, 0.717) is 11.4 Å². The second kappa shape index (κ2) is 15.9. The number of likely N-dealkylation sites (tertiary alicyclic amines) is 1. The number of rotatable bonds is 11. The van der Waals surface area contributed by atoms with E-state index in [2.05, 4.69) is 42.9 Å². The molecule has 2 saturated heterocycles. The van der Waals surface area contributed by atoms with Crippen molar-refractivity contribution in [3.63, 3.8) is 0 Å². The molecule has 2 amide bonds. The van der Waals surface area contributed by atoms with E-state index in [0.717, 1.165) is 53.4 Å². The molecule has 2 aromatic heterocycles. The predicted octanol–water partition coefficient (Wildman–Crippen LogP) is 6.54. The number of aliphatic carboxylic acids is 1. The number of anilines is 1. The molecule has 3 fully saturated rings. The molecule has 0 bridgehead atoms. The first-order chi connectivity index (χ1) is 24.5. The number of nitrogens with zero attached hydrogens (tertiary/aromatic N) is 5. The SMILES string of the molecule is CCCC1CCC(C2CCN(c3cnc(-c4ccc(C[C@H](NC(=O)c5ccc(C(C)(C)C)nc5)C(=O)N5CC(C(=O)O)C5)cc4)nc3)CC2)CC1. The van der Waals surface area contributed by atoms with Crippen LogP contribution < -0.4 is 10.2 Å². The Morgan fingerprint density at radius 3 is 2.08 bits per heavy atom. The quantitative estimate of drug-likeness (QED) is 0.232. The lowest BCUT2D eigenvalue weighted by atomic mass is 9.72. The van der Waals surface area contributed by atoms with Crippen molar-refractivity contribution in [2.75, 3.05) is 31.1 Å². The molecule has 10 heteroatoms. The number of nitrogens with one attached hydrogen (secondary N) is 1. The third kappa shape index (κ3) is 8.94. The lowest BCUT2D eigenvalue weighted by molar-refractivity contribution is -0.153. The van der Waals surface area contributed by atoms with E-state index in [1.54, 1.807) is 6.07 Å². The van der Waals surface area contributed by atoms with Gasteiger partial charge in [-0.25, -0.2) is 9.97 Å². The normalized spacial score (nSPS) is 20.8. The van der Waals surface area contributed by atoms with Crippen LogP contribution in [-0.2, 0) is 21.4 Å². The first-order valence-electron chi connectivity index (χ1n) is 18.9. The second-order valence-electron chi connectivity index (χ2n) is 16.0. The largest absolute Gasteiger partial charge is 0.481 e. The first-order valence-corrected chi connectivity index (χ1v) is 18.9. The Morgan fingerprint density at radius 2 is 1.51 bits per heavy atom. The molecule has 0 radical (unpaired) electrons. The number of carbonyl (C=O) groups is 3. The van der Waals surface area contributed by atoms with Crippen LogP contribution in [0.2, 0.25) is 0 Å². The molecule has 2 aliphatic heterocycles. The highest BCUT2D eigenvalue weighted by molar-refractivity contribution is 5.97. The lowest BCUT2D eigenvalue weighted by Crippen LogP contribution is -2.59. The van der Waals surface area contributed by atoms with Gasteiger partial charge in [-0.05, 0) is 61.1 Å². The molecule has 0 spiro atoms. The fourth-order valence-electron chi connectivity index (χ4n) is 8.09. The molecule has 4 heterocycles. The monoisotopic (exact) mass is 694 g/mol. The molecule has 3 aromatic rings. The van der Waals surface area contributed by atoms with E-state index >= 15 is 0 Å². The minimum atomic E-state index is -0.921. The molecule has 3 aliphatic rings. The van der Waals surface area contributed by atoms with Gasteiger partial charge in [-0.3, -0.25) is 19.4 Å². The Morgan fingerprint density at radius 1 is 0.863 bits per heavy atom. The molecule has 1 atom stereocenters. The first kappa shape index (κ1) is 36.5. The number of aromatic nitrogens is 3. The molecule has 6 rings (SSSR count). The summed E-state index contributed by atoms with van der Waals surface area (Å²) >= 11 is 0. The zero-order valence-electron chi connectivity index (χ0n) is 30.7. The van der Waals surface area contributed by atoms with Gasteiger partial charge in [0.1, 0.15) is 6.04 Å². The summed E-state index contributed by atoms with van der Waals surface area (Å²) in [7, 11) is 0. The topological polar surface area (TPSA) is 129 Å². The third-order valence-corrected chi connectivity index (χ3v) is 11.4. The van der Waals surface area contributed by atoms with Gasteiger partial charge in [0.2, 0.25) is 5.91 Å². The Balaban J connectivity index is 1.06. The van der Waals surface area contributed by atoms with Crippen molar-refractivity contribution < 1.29 is 19.5 Å². The van der Waals surface area contributed by atoms with Crippen molar-refractivity contribution >= 4 is 23.5 Å². The molecule has 272 valence electrons. The van der Waals surface area contributed by atoms with Crippen LogP contribution in [0.1, 0.15) is 101 Å². The van der Waals surface area contributed by atoms with Crippen LogP contribution >= 0.6 is 0 Å². The molecular formula is C41H54N6O4. The summed E-state index contributed by atoms with van der Waals surface area (Å²) < 4.78 is 0. The third-order valence-electron chi connectivity index (χ3n) is 11.4. The summed E-state index contributed by atoms with van der Waals surface area (Å²) in [5.41, 5.74) is 3.85. The number of carboxylic acid groups (broad SMARTS) is 1. The van der Waals surface area contributed by atoms with Gasteiger partial charge in [-0.2, -0.15) is 0 Å². The summed E-state index contributed by atoms with van der Waals surface area (Å²) in [4.78, 5) is 56.0. The van der Waals surface area contributed by atoms with Crippen LogP contribution in [0, 0.1) is 23.7 Å². The van der Waals surface area contributed by atoms with Crippen LogP contribution in [-0.4, -0.2) is 75.0 Å². The highest BCUT2D eigenvalue weighted by atomic mass is 16.4. The molecule has 1 saturated carbocycles. The Kier molecular flexibility index (Phi) is 11.4. The van der Waals surface area contributed by atoms with Gasteiger partial charge in [0.15, 0.2) is 5.82 Å². The lowest BCUT2D eigenvalue weighted by Gasteiger charge is -2.39. The summed E-state index contributed by atoms with van der Waals surface area (Å²) in [5.74, 6) is 1.12. The number of amides is 2. The molecule has 1 aromatic carbocycles. The van der Waals surface area contributed by atoms with Gasteiger partial charge in [-0.15, -0.1) is 0 Å². The summed E-state index contributed by atoms with van der Waals surface area (Å²) in [5, 5.41) is 12.2. The maximum atomic E-state index is 13.5. The number of carbonyl (C=O) groups excluding carboxylic acids is 2. The maximum absolute atomic E-state index is 13.5. The van der Waals surface area contributed by atoms with Crippen molar-refractivity contribution in [2.45, 2.75) is 96.9 Å². The Hall–Kier alpha value is -4.34. The van der Waals surface area contributed by atoms with Crippen molar-refractivity contribution in [1.29, 1.82) is 0 Å². The van der Waals surface area contributed by atoms with Crippen LogP contribution in [0.3, 0.4) is 0 Å². The molecule has 1 aliphatic carbocycles. The molecular weight excluding hydrogens is 640 g/mol. The highest BCUT2D eigenvalue weighted by Gasteiger charge is 2.39. The van der Waals surface area contributed by atoms with Gasteiger partial charge in [0.25, 0.3) is 5.91 Å². The molecule has 0 unspecified atom stereocenters. The number of hydrogen-bond acceptors (Lipinski definition) is 7. The smallest absolute Gasteiger partial charge is 0.310 e. The molecule has 51 heavy (non-hydrogen) atoms. The van der Waals surface area contributed by atoms with E-state index in [4.69, 9.17) is 9.97 Å². The number of carboxylic acids is 1. The van der Waals surface area contributed by atoms with Gasteiger partial charge < -0.3 is 20.2 Å². The predicted molar refractivity (Wildman–Crippen MR) is 198 cm³/mol. The van der Waals surface area contributed by atoms with Crippen molar-refractivity contribution in [2.24, 2.45) is 23.7 Å². The fourth-order valence-corrected chi connectivity index (χ4v) is 8.09. The Bertz CT molecular complexity index is 1630. The standard InChI is InChI=1S/C41H54N6O4/c1-5-6-27-7-11-29(12-8-27)30-17-19-46(20-18-30)34-23-43-37(44-24-34)31-13-9-28(10-14-31)21-35(39(49)47-25-33(26-47)40(50)51)45-38(48)32-15-16-36(42-22-32)41(2,3)4/h9-10,13-16,22-24,27,29-30,33,35H,5-8,11-12,17-21,25-26H2,1-4H3,(H,45,48)(H,50,51)/t27?,29?,35-/m0/s1. The summed E-state index contributed by atoms with van der Waals surface area (Å²) in [6.07, 6.45) is 16.5. The van der Waals surface area contributed by atoms with Crippen molar-refractivity contribution in [1.82, 2.24) is 25.2 Å². The maximum Gasteiger partial charge on any atom is 0.310 e. The van der Waals surface area contributed by atoms with E-state index in [1.807, 2.05) is 42.7 Å². The number of piperidine rings is 1. The number of hydrogen-bond donors (Lipinski definition) is 2. The summed E-state index contributed by atoms with van der Waals surface area (Å²) in [6, 6.07) is 10.4. The average Bonchev–Trinajstić information content (AvgIpc) is 3.11. The molecule has 2 N–H and O–H groups in total. The van der Waals surface area contributed by atoms with Crippen molar-refractivity contribution in [3.05, 3.63) is 71.8 Å². The van der Waals surface area contributed by atoms with Gasteiger partial charge in [0.05, 0.1) is 29.6 Å². The Labute approximate surface area is 302 Å². The number of benzene rings is 1. The average molecular weight is 695 g/mol. The van der Waals surface area contributed by atoms with E-state index in [1.165, 1.54) is 62.5 Å².